The van der Waals surface area contributed by atoms with Crippen molar-refractivity contribution in [3.05, 3.63) is 16.1 Å². The molecule has 0 bridgehead atoms. The summed E-state index contributed by atoms with van der Waals surface area (Å²) in [5, 5.41) is 11.1. The molecule has 0 saturated heterocycles. The van der Waals surface area contributed by atoms with Crippen LogP contribution in [0.25, 0.3) is 0 Å². The van der Waals surface area contributed by atoms with E-state index in [1.165, 1.54) is 11.3 Å². The molecule has 1 rings (SSSR count). The van der Waals surface area contributed by atoms with Crippen LogP contribution in [0.5, 0.6) is 0 Å². The van der Waals surface area contributed by atoms with Gasteiger partial charge in [-0.15, -0.1) is 11.3 Å². The van der Waals surface area contributed by atoms with Crippen molar-refractivity contribution in [3.63, 3.8) is 0 Å². The molecule has 0 unspecified atom stereocenters. The van der Waals surface area contributed by atoms with Crippen LogP contribution in [0.4, 0.5) is 0 Å². The Morgan fingerprint density at radius 2 is 2.62 bits per heavy atom. The van der Waals surface area contributed by atoms with Gasteiger partial charge in [-0.3, -0.25) is 0 Å². The van der Waals surface area contributed by atoms with Crippen LogP contribution >= 0.6 is 11.3 Å². The van der Waals surface area contributed by atoms with E-state index in [1.54, 1.807) is 6.20 Å². The smallest absolute Gasteiger partial charge is 0.118 e. The molecule has 0 atom stereocenters. The Hall–Kier alpha value is -0.410. The molecule has 0 aliphatic heterocycles. The summed E-state index contributed by atoms with van der Waals surface area (Å²) in [7, 11) is 0. The molecule has 0 aliphatic carbocycles. The molecule has 1 radical (unpaired) electrons. The lowest BCUT2D eigenvalue weighted by Gasteiger charge is -1.75. The van der Waals surface area contributed by atoms with Crippen molar-refractivity contribution in [2.24, 2.45) is 0 Å². The maximum atomic E-state index is 10.1. The number of rotatable bonds is 1. The van der Waals surface area contributed by atoms with Crippen molar-refractivity contribution in [2.75, 3.05) is 0 Å². The van der Waals surface area contributed by atoms with Gasteiger partial charge < -0.3 is 0 Å². The van der Waals surface area contributed by atoms with Crippen LogP contribution in [0, 0.1) is 6.92 Å². The third-order valence-electron chi connectivity index (χ3n) is 0.811. The van der Waals surface area contributed by atoms with E-state index >= 15 is 0 Å². The molecule has 1 aromatic rings. The minimum absolute atomic E-state index is 0.133. The fourth-order valence-corrected chi connectivity index (χ4v) is 1.12. The molecule has 0 spiro atoms. The van der Waals surface area contributed by atoms with Crippen LogP contribution in [0.3, 0.4) is 0 Å². The summed E-state index contributed by atoms with van der Waals surface area (Å²) in [5.41, 5.74) is 0. The molecular weight excluding hydrogens is 122 g/mol. The van der Waals surface area contributed by atoms with Gasteiger partial charge in [0.05, 0.1) is 9.88 Å². The van der Waals surface area contributed by atoms with E-state index in [1.807, 2.05) is 6.92 Å². The lowest BCUT2D eigenvalue weighted by atomic mass is 10.6. The van der Waals surface area contributed by atoms with Crippen molar-refractivity contribution in [1.82, 2.24) is 4.98 Å². The number of hydrogen-bond acceptors (Lipinski definition) is 2. The molecule has 0 saturated carbocycles. The molecular formula is C5H6NOS. The second-order valence-electron chi connectivity index (χ2n) is 1.49. The van der Waals surface area contributed by atoms with Crippen LogP contribution < -0.4 is 0 Å². The van der Waals surface area contributed by atoms with E-state index in [-0.39, 0.29) is 6.61 Å². The van der Waals surface area contributed by atoms with Gasteiger partial charge in [-0.25, -0.2) is 10.1 Å². The van der Waals surface area contributed by atoms with Gasteiger partial charge in [0.15, 0.2) is 0 Å². The van der Waals surface area contributed by atoms with E-state index in [0.29, 0.717) is 0 Å². The van der Waals surface area contributed by atoms with Crippen molar-refractivity contribution < 1.29 is 5.11 Å². The monoisotopic (exact) mass is 128 g/mol. The first-order valence-electron chi connectivity index (χ1n) is 2.32. The predicted molar refractivity (Wildman–Crippen MR) is 31.2 cm³/mol. The van der Waals surface area contributed by atoms with E-state index in [0.717, 1.165) is 9.88 Å². The summed E-state index contributed by atoms with van der Waals surface area (Å²) in [4.78, 5) is 4.73. The van der Waals surface area contributed by atoms with Crippen LogP contribution in [0.1, 0.15) is 9.88 Å². The van der Waals surface area contributed by atoms with Crippen molar-refractivity contribution in [3.8, 4) is 0 Å². The molecule has 1 aromatic heterocycles. The molecule has 0 aliphatic rings. The third-order valence-corrected chi connectivity index (χ3v) is 1.70. The first-order valence-corrected chi connectivity index (χ1v) is 3.14. The second kappa shape index (κ2) is 2.24. The summed E-state index contributed by atoms with van der Waals surface area (Å²) in [5.74, 6) is 0. The molecule has 0 aromatic carbocycles. The Balaban J connectivity index is 2.84. The van der Waals surface area contributed by atoms with Gasteiger partial charge in [-0.05, 0) is 6.92 Å². The quantitative estimate of drug-likeness (QED) is 0.562. The molecule has 0 N–H and O–H groups in total. The van der Waals surface area contributed by atoms with Gasteiger partial charge in [0.1, 0.15) is 6.61 Å². The van der Waals surface area contributed by atoms with E-state index in [9.17, 15) is 5.11 Å². The number of nitrogens with zero attached hydrogens (tertiary/aromatic N) is 1. The highest BCUT2D eigenvalue weighted by molar-refractivity contribution is 7.11. The fraction of sp³-hybridized carbons (Fsp3) is 0.400. The number of hydrogen-bond donors (Lipinski definition) is 0. The SMILES string of the molecule is Cc1ncc(C[O])s1. The van der Waals surface area contributed by atoms with Crippen LogP contribution in [0.15, 0.2) is 6.20 Å². The van der Waals surface area contributed by atoms with Crippen molar-refractivity contribution in [2.45, 2.75) is 13.5 Å². The van der Waals surface area contributed by atoms with Gasteiger partial charge in [0.2, 0.25) is 0 Å². The fourth-order valence-electron chi connectivity index (χ4n) is 0.472. The summed E-state index contributed by atoms with van der Waals surface area (Å²) < 4.78 is 0. The van der Waals surface area contributed by atoms with E-state index in [4.69, 9.17) is 0 Å². The summed E-state index contributed by atoms with van der Waals surface area (Å²) in [6.07, 6.45) is 1.63. The highest BCUT2D eigenvalue weighted by Gasteiger charge is 1.93. The summed E-state index contributed by atoms with van der Waals surface area (Å²) in [6.45, 7) is 1.76. The largest absolute Gasteiger partial charge is 0.250 e. The van der Waals surface area contributed by atoms with E-state index < -0.39 is 0 Å². The maximum Gasteiger partial charge on any atom is 0.118 e. The van der Waals surface area contributed by atoms with Crippen molar-refractivity contribution in [1.29, 1.82) is 0 Å². The molecule has 2 nitrogen and oxygen atoms in total. The average molecular weight is 128 g/mol. The van der Waals surface area contributed by atoms with Crippen LogP contribution in [0.2, 0.25) is 0 Å². The molecule has 0 fully saturated rings. The summed E-state index contributed by atoms with van der Waals surface area (Å²) >= 11 is 1.46. The minimum atomic E-state index is -0.133. The van der Waals surface area contributed by atoms with Crippen molar-refractivity contribution >= 4 is 11.3 Å². The zero-order chi connectivity index (χ0) is 5.98. The first-order chi connectivity index (χ1) is 3.83. The zero-order valence-corrected chi connectivity index (χ0v) is 5.36. The predicted octanol–water partition coefficient (Wildman–Crippen LogP) is 1.38. The lowest BCUT2D eigenvalue weighted by Crippen LogP contribution is -1.67. The number of aromatic nitrogens is 1. The Bertz CT molecular complexity index is 173. The Kier molecular flexibility index (Phi) is 1.60. The molecule has 3 heteroatoms. The van der Waals surface area contributed by atoms with Gasteiger partial charge >= 0.3 is 0 Å². The molecule has 8 heavy (non-hydrogen) atoms. The van der Waals surface area contributed by atoms with E-state index in [2.05, 4.69) is 4.98 Å². The maximum absolute atomic E-state index is 10.1. The Morgan fingerprint density at radius 3 is 2.88 bits per heavy atom. The normalized spacial score (nSPS) is 9.75. The number of thiazole rings is 1. The van der Waals surface area contributed by atoms with Gasteiger partial charge in [-0.2, -0.15) is 0 Å². The third kappa shape index (κ3) is 1.05. The van der Waals surface area contributed by atoms with Crippen LogP contribution in [-0.4, -0.2) is 4.98 Å². The zero-order valence-electron chi connectivity index (χ0n) is 4.55. The Morgan fingerprint density at radius 1 is 1.88 bits per heavy atom. The van der Waals surface area contributed by atoms with Gasteiger partial charge in [0.25, 0.3) is 0 Å². The highest BCUT2D eigenvalue weighted by atomic mass is 32.1. The molecule has 0 amide bonds. The topological polar surface area (TPSA) is 32.8 Å². The minimum Gasteiger partial charge on any atom is -0.250 e. The lowest BCUT2D eigenvalue weighted by molar-refractivity contribution is 0.180. The number of aryl methyl sites for hydroxylation is 1. The van der Waals surface area contributed by atoms with Crippen LogP contribution in [-0.2, 0) is 11.7 Å². The summed E-state index contributed by atoms with van der Waals surface area (Å²) in [6, 6.07) is 0. The van der Waals surface area contributed by atoms with Gasteiger partial charge in [0, 0.05) is 6.20 Å². The standard InChI is InChI=1S/C5H6NOS/c1-4-6-2-5(3-7)8-4/h2H,3H2,1H3. The Labute approximate surface area is 51.8 Å². The average Bonchev–Trinajstić information content (AvgIpc) is 2.14. The first kappa shape index (κ1) is 5.72. The molecule has 43 valence electrons. The molecule has 1 heterocycles. The second-order valence-corrected chi connectivity index (χ2v) is 2.81. The van der Waals surface area contributed by atoms with Gasteiger partial charge in [-0.1, -0.05) is 0 Å². The highest BCUT2D eigenvalue weighted by Crippen LogP contribution is 2.10.